The van der Waals surface area contributed by atoms with Crippen molar-refractivity contribution in [3.05, 3.63) is 37.8 Å². The lowest BCUT2D eigenvalue weighted by molar-refractivity contribution is -0.150. The molecule has 4 rings (SSSR count). The summed E-state index contributed by atoms with van der Waals surface area (Å²) < 4.78 is 5.16. The van der Waals surface area contributed by atoms with E-state index < -0.39 is 40.3 Å². The molecule has 2 aliphatic rings. The number of carboxylic acid groups (broad SMARTS) is 1. The highest BCUT2D eigenvalue weighted by atomic mass is 32.2. The number of aromatic nitrogens is 5. The van der Waals surface area contributed by atoms with E-state index in [1.165, 1.54) is 23.5 Å². The van der Waals surface area contributed by atoms with E-state index in [0.717, 1.165) is 28.2 Å². The number of fused-ring (bicyclic) bond motifs is 1. The molecule has 1 unspecified atom stereocenters. The largest absolute Gasteiger partial charge is 0.477 e. The molecule has 4 heterocycles. The second kappa shape index (κ2) is 11.1. The number of terminal acetylenes is 1. The molecule has 38 heavy (non-hydrogen) atoms. The fourth-order valence-corrected chi connectivity index (χ4v) is 6.23. The van der Waals surface area contributed by atoms with E-state index in [4.69, 9.17) is 17.0 Å². The number of aromatic amines is 1. The summed E-state index contributed by atoms with van der Waals surface area (Å²) in [5, 5.41) is 17.9. The lowest BCUT2D eigenvalue weighted by Crippen LogP contribution is -2.71. The van der Waals surface area contributed by atoms with Gasteiger partial charge >= 0.3 is 17.1 Å². The van der Waals surface area contributed by atoms with E-state index in [1.54, 1.807) is 0 Å². The molecule has 0 aromatic carbocycles. The molecule has 19 heteroatoms. The standard InChI is InChI=1S/C19H17N9O7S3/c1-3-4-35-25-8(11-22-18(20)38-26-11)12(29)21-9-15(32)28-10(17(33)34)7(5-36-16(9)28)6-37-19-23-13(30)14(31)24-27(19)2/h1,9,16H,4-6H2,2H3,(H,21,29)(H,24,31)(H,33,34)(H2,20,22,26)/b25-8+/t9?,16-/m1/s1. The lowest BCUT2D eigenvalue weighted by atomic mass is 10.0. The molecule has 0 radical (unpaired) electrons. The van der Waals surface area contributed by atoms with E-state index >= 15 is 0 Å². The number of hydrogen-bond donors (Lipinski definition) is 4. The third-order valence-electron chi connectivity index (χ3n) is 5.03. The first kappa shape index (κ1) is 26.9. The Balaban J connectivity index is 1.51. The number of H-pyrrole nitrogens is 1. The zero-order valence-electron chi connectivity index (χ0n) is 19.2. The number of β-lactam (4-membered cyclic amide) rings is 1. The Morgan fingerprint density at radius 2 is 2.16 bits per heavy atom. The van der Waals surface area contributed by atoms with Crippen molar-refractivity contribution in [2.75, 3.05) is 23.8 Å². The van der Waals surface area contributed by atoms with Crippen molar-refractivity contribution in [1.82, 2.24) is 34.3 Å². The monoisotopic (exact) mass is 579 g/mol. The molecule has 0 spiro atoms. The Hall–Kier alpha value is -4.15. The van der Waals surface area contributed by atoms with Gasteiger partial charge in [0.1, 0.15) is 17.1 Å². The second-order valence-electron chi connectivity index (χ2n) is 7.48. The average Bonchev–Trinajstić information content (AvgIpc) is 3.31. The molecule has 2 aromatic rings. The summed E-state index contributed by atoms with van der Waals surface area (Å²) in [6.07, 6.45) is 5.13. The predicted octanol–water partition coefficient (Wildman–Crippen LogP) is -2.21. The molecule has 2 amide bonds. The fourth-order valence-electron chi connectivity index (χ4n) is 3.39. The molecule has 2 aliphatic heterocycles. The number of nitrogens with two attached hydrogens (primary N) is 1. The van der Waals surface area contributed by atoms with Crippen molar-refractivity contribution < 1.29 is 24.3 Å². The van der Waals surface area contributed by atoms with Crippen LogP contribution in [0.15, 0.2) is 31.2 Å². The Kier molecular flexibility index (Phi) is 7.84. The Labute approximate surface area is 224 Å². The quantitative estimate of drug-likeness (QED) is 0.0470. The van der Waals surface area contributed by atoms with Crippen LogP contribution in [0.2, 0.25) is 0 Å². The fraction of sp³-hybridized carbons (Fsp3) is 0.316. The van der Waals surface area contributed by atoms with Gasteiger partial charge in [0.2, 0.25) is 11.5 Å². The number of hydrogen-bond acceptors (Lipinski definition) is 14. The molecule has 16 nitrogen and oxygen atoms in total. The number of nitrogens with one attached hydrogen (secondary N) is 2. The van der Waals surface area contributed by atoms with Crippen LogP contribution in [0, 0.1) is 12.3 Å². The topological polar surface area (TPSA) is 228 Å². The third-order valence-corrected chi connectivity index (χ3v) is 8.03. The highest BCUT2D eigenvalue weighted by molar-refractivity contribution is 8.01. The van der Waals surface area contributed by atoms with Gasteiger partial charge < -0.3 is 21.0 Å². The van der Waals surface area contributed by atoms with Crippen molar-refractivity contribution in [3.63, 3.8) is 0 Å². The number of oxime groups is 1. The minimum absolute atomic E-state index is 0.0740. The lowest BCUT2D eigenvalue weighted by Gasteiger charge is -2.49. The number of aryl methyl sites for hydroxylation is 1. The van der Waals surface area contributed by atoms with Crippen molar-refractivity contribution in [3.8, 4) is 12.3 Å². The number of rotatable bonds is 9. The zero-order valence-corrected chi connectivity index (χ0v) is 21.7. The number of nitrogen functional groups attached to an aromatic ring is 1. The van der Waals surface area contributed by atoms with Crippen LogP contribution in [-0.4, -0.2) is 87.2 Å². The van der Waals surface area contributed by atoms with Crippen molar-refractivity contribution in [2.24, 2.45) is 12.2 Å². The van der Waals surface area contributed by atoms with Crippen LogP contribution in [0.25, 0.3) is 0 Å². The second-order valence-corrected chi connectivity index (χ2v) is 10.3. The van der Waals surface area contributed by atoms with Crippen molar-refractivity contribution >= 4 is 63.7 Å². The summed E-state index contributed by atoms with van der Waals surface area (Å²) in [7, 11) is 1.48. The molecule has 1 fully saturated rings. The Morgan fingerprint density at radius 1 is 1.39 bits per heavy atom. The predicted molar refractivity (Wildman–Crippen MR) is 136 cm³/mol. The number of thioether (sulfide) groups is 2. The molecule has 1 saturated heterocycles. The molecule has 0 bridgehead atoms. The van der Waals surface area contributed by atoms with Crippen LogP contribution in [0.5, 0.6) is 0 Å². The van der Waals surface area contributed by atoms with E-state index in [-0.39, 0.29) is 45.6 Å². The molecule has 5 N–H and O–H groups in total. The van der Waals surface area contributed by atoms with Gasteiger partial charge in [-0.15, -0.1) is 18.2 Å². The van der Waals surface area contributed by atoms with Crippen LogP contribution in [0.3, 0.4) is 0 Å². The molecule has 198 valence electrons. The number of amides is 2. The van der Waals surface area contributed by atoms with Crippen LogP contribution in [0.1, 0.15) is 5.82 Å². The minimum atomic E-state index is -1.33. The summed E-state index contributed by atoms with van der Waals surface area (Å²) in [5.41, 5.74) is 3.53. The van der Waals surface area contributed by atoms with Crippen LogP contribution in [0.4, 0.5) is 5.13 Å². The first-order valence-electron chi connectivity index (χ1n) is 10.4. The van der Waals surface area contributed by atoms with Crippen LogP contribution < -0.4 is 22.2 Å². The number of carboxylic acids is 1. The van der Waals surface area contributed by atoms with Gasteiger partial charge in [0.15, 0.2) is 16.9 Å². The number of aliphatic carboxylic acids is 1. The molecular formula is C19H17N9O7S3. The molecule has 0 saturated carbocycles. The molecular weight excluding hydrogens is 562 g/mol. The van der Waals surface area contributed by atoms with Gasteiger partial charge in [-0.3, -0.25) is 33.9 Å². The Morgan fingerprint density at radius 3 is 2.82 bits per heavy atom. The maximum atomic E-state index is 13.0. The van der Waals surface area contributed by atoms with E-state index in [2.05, 4.69) is 35.8 Å². The van der Waals surface area contributed by atoms with Crippen LogP contribution in [-0.2, 0) is 26.3 Å². The molecule has 0 aliphatic carbocycles. The summed E-state index contributed by atoms with van der Waals surface area (Å²) in [5.74, 6) is -0.479. The van der Waals surface area contributed by atoms with Gasteiger partial charge in [0, 0.05) is 30.1 Å². The normalized spacial score (nSPS) is 18.9. The summed E-state index contributed by atoms with van der Waals surface area (Å²) >= 11 is 3.08. The van der Waals surface area contributed by atoms with Gasteiger partial charge in [0.05, 0.1) is 0 Å². The number of carbonyl (C=O) groups excluding carboxylic acids is 2. The molecule has 2 atom stereocenters. The first-order chi connectivity index (χ1) is 18.1. The third kappa shape index (κ3) is 5.27. The van der Waals surface area contributed by atoms with Gasteiger partial charge in [-0.25, -0.2) is 4.79 Å². The van der Waals surface area contributed by atoms with E-state index in [9.17, 15) is 29.1 Å². The van der Waals surface area contributed by atoms with Crippen molar-refractivity contribution in [1.29, 1.82) is 0 Å². The highest BCUT2D eigenvalue weighted by Crippen LogP contribution is 2.41. The van der Waals surface area contributed by atoms with E-state index in [0.29, 0.717) is 5.57 Å². The summed E-state index contributed by atoms with van der Waals surface area (Å²) in [6, 6.07) is -1.06. The van der Waals surface area contributed by atoms with E-state index in [1.807, 2.05) is 0 Å². The van der Waals surface area contributed by atoms with Gasteiger partial charge in [-0.2, -0.15) is 14.3 Å². The van der Waals surface area contributed by atoms with Gasteiger partial charge in [-0.05, 0) is 5.57 Å². The number of carbonyl (C=O) groups is 3. The zero-order chi connectivity index (χ0) is 27.6. The van der Waals surface area contributed by atoms with Gasteiger partial charge in [0.25, 0.3) is 11.8 Å². The Bertz CT molecular complexity index is 1540. The number of nitrogens with zero attached hydrogens (tertiary/aromatic N) is 6. The van der Waals surface area contributed by atoms with Crippen molar-refractivity contribution in [2.45, 2.75) is 16.6 Å². The summed E-state index contributed by atoms with van der Waals surface area (Å²) in [6.45, 7) is -0.235. The maximum absolute atomic E-state index is 13.0. The first-order valence-corrected chi connectivity index (χ1v) is 13.2. The minimum Gasteiger partial charge on any atom is -0.477 e. The number of anilines is 1. The summed E-state index contributed by atoms with van der Waals surface area (Å²) in [4.78, 5) is 74.5. The average molecular weight is 580 g/mol. The van der Waals surface area contributed by atoms with Crippen LogP contribution >= 0.6 is 35.1 Å². The SMILES string of the molecule is C#CCO/N=C(/C(=O)NC1C(=O)N2C(C(=O)O)=C(CSc3nc(=O)c(=O)[nH]n3C)CS[C@H]12)c1nsc(N)n1. The maximum Gasteiger partial charge on any atom is 0.352 e. The molecule has 2 aromatic heterocycles. The van der Waals surface area contributed by atoms with Gasteiger partial charge in [-0.1, -0.05) is 22.8 Å². The smallest absolute Gasteiger partial charge is 0.352 e. The highest BCUT2D eigenvalue weighted by Gasteiger charge is 2.54.